The molecule has 204 valence electrons. The molecule has 1 aromatic carbocycles. The Hall–Kier alpha value is -2.10. The van der Waals surface area contributed by atoms with Crippen molar-refractivity contribution in [3.63, 3.8) is 0 Å². The highest BCUT2D eigenvalue weighted by atomic mass is 16.2. The molecule has 2 saturated carbocycles. The van der Waals surface area contributed by atoms with E-state index < -0.39 is 0 Å². The number of rotatable bonds is 9. The molecule has 2 fully saturated rings. The van der Waals surface area contributed by atoms with Gasteiger partial charge in [-0.25, -0.2) is 0 Å². The Balaban J connectivity index is 0.000000497. The van der Waals surface area contributed by atoms with Gasteiger partial charge in [-0.1, -0.05) is 91.0 Å². The van der Waals surface area contributed by atoms with Crippen LogP contribution in [0.4, 0.5) is 0 Å². The van der Waals surface area contributed by atoms with Gasteiger partial charge in [-0.2, -0.15) is 0 Å². The van der Waals surface area contributed by atoms with E-state index in [0.717, 1.165) is 18.8 Å². The number of benzene rings is 1. The van der Waals surface area contributed by atoms with E-state index in [1.807, 2.05) is 39.8 Å². The van der Waals surface area contributed by atoms with Gasteiger partial charge in [0.05, 0.1) is 0 Å². The molecule has 0 heterocycles. The van der Waals surface area contributed by atoms with Crippen LogP contribution < -0.4 is 0 Å². The highest BCUT2D eigenvalue weighted by Crippen LogP contribution is 2.35. The Morgan fingerprint density at radius 1 is 0.861 bits per heavy atom. The second-order valence-electron chi connectivity index (χ2n) is 10.5. The summed E-state index contributed by atoms with van der Waals surface area (Å²) in [6.07, 6.45) is 11.3. The number of Topliss-reactive ketones (excluding diaryl/α,β-unsaturated/α-hetero) is 3. The molecule has 0 aliphatic heterocycles. The fraction of sp³-hybridized carbons (Fsp3) is 0.688. The quantitative estimate of drug-likeness (QED) is 0.256. The third-order valence-electron chi connectivity index (χ3n) is 7.47. The van der Waals surface area contributed by atoms with Gasteiger partial charge < -0.3 is 0 Å². The Kier molecular flexibility index (Phi) is 18.0. The summed E-state index contributed by atoms with van der Waals surface area (Å²) in [6.45, 7) is 15.4. The Morgan fingerprint density at radius 2 is 1.42 bits per heavy atom. The first kappa shape index (κ1) is 33.9. The Labute approximate surface area is 221 Å². The zero-order valence-electron chi connectivity index (χ0n) is 24.3. The van der Waals surface area contributed by atoms with E-state index in [-0.39, 0.29) is 23.4 Å². The van der Waals surface area contributed by atoms with E-state index in [2.05, 4.69) is 26.0 Å². The summed E-state index contributed by atoms with van der Waals surface area (Å²) in [5.74, 6) is 2.24. The summed E-state index contributed by atoms with van der Waals surface area (Å²) in [5, 5.41) is 0. The molecular weight excluding hydrogens is 448 g/mol. The molecule has 2 aliphatic rings. The molecule has 0 amide bonds. The van der Waals surface area contributed by atoms with Crippen molar-refractivity contribution in [3.05, 3.63) is 35.4 Å². The predicted molar refractivity (Wildman–Crippen MR) is 150 cm³/mol. The molecule has 3 atom stereocenters. The molecule has 1 unspecified atom stereocenters. The zero-order valence-corrected chi connectivity index (χ0v) is 24.3. The van der Waals surface area contributed by atoms with Crippen LogP contribution in [-0.4, -0.2) is 23.6 Å². The minimum absolute atomic E-state index is 0.0370. The van der Waals surface area contributed by atoms with Crippen LogP contribution in [0.5, 0.6) is 0 Å². The van der Waals surface area contributed by atoms with Crippen LogP contribution in [-0.2, 0) is 25.6 Å². The first-order valence-electron chi connectivity index (χ1n) is 14.1. The summed E-state index contributed by atoms with van der Waals surface area (Å²) in [4.78, 5) is 42.8. The van der Waals surface area contributed by atoms with Gasteiger partial charge in [0.2, 0.25) is 0 Å². The van der Waals surface area contributed by atoms with Crippen molar-refractivity contribution in [3.8, 4) is 0 Å². The number of hydrogen-bond acceptors (Lipinski definition) is 4. The Bertz CT molecular complexity index is 787. The number of carbonyl (C=O) groups excluding carboxylic acids is 4. The second kappa shape index (κ2) is 19.1. The van der Waals surface area contributed by atoms with Crippen LogP contribution in [0.3, 0.4) is 0 Å². The van der Waals surface area contributed by atoms with Gasteiger partial charge >= 0.3 is 0 Å². The molecule has 0 bridgehead atoms. The number of aldehydes is 1. The van der Waals surface area contributed by atoms with Crippen molar-refractivity contribution in [1.29, 1.82) is 0 Å². The van der Waals surface area contributed by atoms with E-state index in [0.29, 0.717) is 23.9 Å². The maximum Gasteiger partial charge on any atom is 0.197 e. The van der Waals surface area contributed by atoms with Crippen LogP contribution in [0.2, 0.25) is 0 Å². The van der Waals surface area contributed by atoms with Crippen molar-refractivity contribution >= 4 is 23.6 Å². The lowest BCUT2D eigenvalue weighted by molar-refractivity contribution is -0.132. The Morgan fingerprint density at radius 3 is 1.86 bits per heavy atom. The van der Waals surface area contributed by atoms with Crippen LogP contribution in [0.1, 0.15) is 111 Å². The molecule has 0 radical (unpaired) electrons. The first-order valence-corrected chi connectivity index (χ1v) is 14.1. The van der Waals surface area contributed by atoms with Gasteiger partial charge in [0.1, 0.15) is 11.6 Å². The average molecular weight is 501 g/mol. The van der Waals surface area contributed by atoms with Gasteiger partial charge in [-0.05, 0) is 69.4 Å². The van der Waals surface area contributed by atoms with Crippen molar-refractivity contribution in [1.82, 2.24) is 0 Å². The van der Waals surface area contributed by atoms with Gasteiger partial charge in [0.15, 0.2) is 12.1 Å². The highest BCUT2D eigenvalue weighted by molar-refractivity contribution is 6.25. The third-order valence-corrected chi connectivity index (χ3v) is 7.47. The molecule has 1 aromatic rings. The average Bonchev–Trinajstić information content (AvgIpc) is 3.70. The largest absolute Gasteiger partial charge is 0.300 e. The molecule has 4 nitrogen and oxygen atoms in total. The molecule has 36 heavy (non-hydrogen) atoms. The van der Waals surface area contributed by atoms with E-state index in [1.165, 1.54) is 56.1 Å². The standard InChI is InChI=1S/C12H16O.C10H18O.C8H12O2.C2H6/c1-9-6-4-5-7-12(9)8-10(2)11(3)13;1-8(9(2)11)10-6-4-3-5-7-10;1-6(8(10)5-9)4-7-2-3-7;1-2/h4-7,10H,8H2,1-3H3;8,10H,3-7H2,1-2H3;5-7H,2-4H2,1H3;1-2H3/t10-;8-;;/m01../s1. The number of ketones is 3. The highest BCUT2D eigenvalue weighted by Gasteiger charge is 2.26. The van der Waals surface area contributed by atoms with Gasteiger partial charge in [-0.3, -0.25) is 19.2 Å². The molecule has 0 aromatic heterocycles. The maximum atomic E-state index is 11.1. The normalized spacial score (nSPS) is 17.3. The van der Waals surface area contributed by atoms with Crippen molar-refractivity contribution in [2.75, 3.05) is 0 Å². The summed E-state index contributed by atoms with van der Waals surface area (Å²) in [5.41, 5.74) is 2.56. The fourth-order valence-corrected chi connectivity index (χ4v) is 4.36. The summed E-state index contributed by atoms with van der Waals surface area (Å²) < 4.78 is 0. The van der Waals surface area contributed by atoms with Gasteiger partial charge in [-0.15, -0.1) is 0 Å². The van der Waals surface area contributed by atoms with Crippen LogP contribution in [0, 0.1) is 36.5 Å². The van der Waals surface area contributed by atoms with Gasteiger partial charge in [0.25, 0.3) is 0 Å². The number of aryl methyl sites for hydroxylation is 1. The van der Waals surface area contributed by atoms with E-state index in [9.17, 15) is 19.2 Å². The maximum absolute atomic E-state index is 11.1. The van der Waals surface area contributed by atoms with Crippen LogP contribution >= 0.6 is 0 Å². The minimum Gasteiger partial charge on any atom is -0.300 e. The van der Waals surface area contributed by atoms with Crippen molar-refractivity contribution in [2.24, 2.45) is 29.6 Å². The number of carbonyl (C=O) groups is 4. The monoisotopic (exact) mass is 500 g/mol. The van der Waals surface area contributed by atoms with Crippen LogP contribution in [0.15, 0.2) is 24.3 Å². The number of hydrogen-bond donors (Lipinski definition) is 0. The smallest absolute Gasteiger partial charge is 0.197 e. The van der Waals surface area contributed by atoms with Crippen LogP contribution in [0.25, 0.3) is 0 Å². The van der Waals surface area contributed by atoms with Gasteiger partial charge in [0, 0.05) is 17.8 Å². The molecule has 4 heteroatoms. The lowest BCUT2D eigenvalue weighted by atomic mass is 9.79. The lowest BCUT2D eigenvalue weighted by Gasteiger charge is -2.25. The molecule has 3 rings (SSSR count). The molecule has 0 saturated heterocycles. The molecule has 0 spiro atoms. The minimum atomic E-state index is -0.244. The predicted octanol–water partition coefficient (Wildman–Crippen LogP) is 7.77. The van der Waals surface area contributed by atoms with Crippen molar-refractivity contribution < 1.29 is 19.2 Å². The molecule has 0 N–H and O–H groups in total. The second-order valence-corrected chi connectivity index (χ2v) is 10.5. The first-order chi connectivity index (χ1) is 17.1. The third kappa shape index (κ3) is 14.5. The molecule has 2 aliphatic carbocycles. The summed E-state index contributed by atoms with van der Waals surface area (Å²) in [6, 6.07) is 8.23. The van der Waals surface area contributed by atoms with E-state index in [4.69, 9.17) is 0 Å². The van der Waals surface area contributed by atoms with E-state index >= 15 is 0 Å². The zero-order chi connectivity index (χ0) is 27.7. The summed E-state index contributed by atoms with van der Waals surface area (Å²) in [7, 11) is 0. The SMILES string of the molecule is CC.CC(=O)[C@@H](C)C1CCCCC1.CC(=O)[C@@H](C)Cc1ccccc1C.CC(CC1CC1)C(=O)C=O. The van der Waals surface area contributed by atoms with Crippen molar-refractivity contribution in [2.45, 2.75) is 113 Å². The fourth-order valence-electron chi connectivity index (χ4n) is 4.36. The van der Waals surface area contributed by atoms with E-state index in [1.54, 1.807) is 13.8 Å². The lowest BCUT2D eigenvalue weighted by Crippen LogP contribution is -2.20. The topological polar surface area (TPSA) is 68.3 Å². The molecular formula is C32H52O4. The summed E-state index contributed by atoms with van der Waals surface area (Å²) >= 11 is 0.